The lowest BCUT2D eigenvalue weighted by Crippen LogP contribution is -2.25. The average molecular weight is 208 g/mol. The van der Waals surface area contributed by atoms with E-state index in [2.05, 4.69) is 42.7 Å². The Morgan fingerprint density at radius 1 is 1.43 bits per heavy atom. The predicted octanol–water partition coefficient (Wildman–Crippen LogP) is 2.47. The Bertz CT molecular complexity index is 334. The normalized spacial score (nSPS) is 9.64. The second kappa shape index (κ2) is 4.96. The number of thiocarbonyl (C=S) groups is 1. The van der Waals surface area contributed by atoms with Crippen molar-refractivity contribution >= 4 is 23.0 Å². The van der Waals surface area contributed by atoms with Crippen molar-refractivity contribution in [3.05, 3.63) is 29.3 Å². The van der Waals surface area contributed by atoms with E-state index in [4.69, 9.17) is 12.2 Å². The van der Waals surface area contributed by atoms with Crippen molar-refractivity contribution in [2.45, 2.75) is 20.3 Å². The molecule has 0 aliphatic rings. The molecule has 0 aliphatic carbocycles. The molecule has 14 heavy (non-hydrogen) atoms. The van der Waals surface area contributed by atoms with Gasteiger partial charge in [-0.2, -0.15) is 0 Å². The molecule has 0 fully saturated rings. The molecule has 0 amide bonds. The van der Waals surface area contributed by atoms with Crippen molar-refractivity contribution in [1.29, 1.82) is 0 Å². The van der Waals surface area contributed by atoms with Gasteiger partial charge in [-0.05, 0) is 36.7 Å². The molecule has 2 N–H and O–H groups in total. The number of hydrogen-bond acceptors (Lipinski definition) is 1. The summed E-state index contributed by atoms with van der Waals surface area (Å²) >= 11 is 5.08. The molecular formula is C11H16N2S. The first-order valence-corrected chi connectivity index (χ1v) is 5.17. The van der Waals surface area contributed by atoms with Gasteiger partial charge in [0.25, 0.3) is 0 Å². The van der Waals surface area contributed by atoms with Gasteiger partial charge >= 0.3 is 0 Å². The summed E-state index contributed by atoms with van der Waals surface area (Å²) in [7, 11) is 1.82. The molecule has 76 valence electrons. The Morgan fingerprint density at radius 2 is 2.14 bits per heavy atom. The van der Waals surface area contributed by atoms with E-state index in [-0.39, 0.29) is 0 Å². The Kier molecular flexibility index (Phi) is 3.89. The molecule has 0 saturated carbocycles. The maximum Gasteiger partial charge on any atom is 0.170 e. The largest absolute Gasteiger partial charge is 0.366 e. The molecule has 0 radical (unpaired) electrons. The van der Waals surface area contributed by atoms with Crippen molar-refractivity contribution in [1.82, 2.24) is 5.32 Å². The molecule has 1 aromatic rings. The first-order chi connectivity index (χ1) is 6.69. The van der Waals surface area contributed by atoms with Crippen LogP contribution >= 0.6 is 12.2 Å². The van der Waals surface area contributed by atoms with E-state index < -0.39 is 0 Å². The third-order valence-corrected chi connectivity index (χ3v) is 2.51. The summed E-state index contributed by atoms with van der Waals surface area (Å²) in [6.07, 6.45) is 1.01. The van der Waals surface area contributed by atoms with E-state index in [1.54, 1.807) is 0 Å². The van der Waals surface area contributed by atoms with E-state index in [0.29, 0.717) is 5.11 Å². The van der Waals surface area contributed by atoms with Crippen LogP contribution in [-0.2, 0) is 6.42 Å². The van der Waals surface area contributed by atoms with Crippen LogP contribution in [0.2, 0.25) is 0 Å². The molecule has 0 heterocycles. The van der Waals surface area contributed by atoms with Gasteiger partial charge in [-0.1, -0.05) is 25.1 Å². The highest BCUT2D eigenvalue weighted by Gasteiger charge is 2.04. The van der Waals surface area contributed by atoms with Gasteiger partial charge in [-0.3, -0.25) is 0 Å². The smallest absolute Gasteiger partial charge is 0.170 e. The molecule has 3 heteroatoms. The van der Waals surface area contributed by atoms with Crippen LogP contribution in [0.1, 0.15) is 18.1 Å². The van der Waals surface area contributed by atoms with E-state index in [9.17, 15) is 0 Å². The minimum atomic E-state index is 0.661. The van der Waals surface area contributed by atoms with Gasteiger partial charge in [0.15, 0.2) is 5.11 Å². The van der Waals surface area contributed by atoms with Gasteiger partial charge in [0.2, 0.25) is 0 Å². The highest BCUT2D eigenvalue weighted by molar-refractivity contribution is 7.80. The number of aryl methyl sites for hydroxylation is 2. The summed E-state index contributed by atoms with van der Waals surface area (Å²) in [4.78, 5) is 0. The fourth-order valence-electron chi connectivity index (χ4n) is 1.38. The molecule has 0 saturated heterocycles. The van der Waals surface area contributed by atoms with Crippen molar-refractivity contribution in [2.24, 2.45) is 0 Å². The lowest BCUT2D eigenvalue weighted by atomic mass is 10.1. The molecule has 0 spiro atoms. The Labute approximate surface area is 90.7 Å². The zero-order chi connectivity index (χ0) is 10.6. The average Bonchev–Trinajstić information content (AvgIpc) is 2.20. The summed E-state index contributed by atoms with van der Waals surface area (Å²) in [6.45, 7) is 4.22. The van der Waals surface area contributed by atoms with Gasteiger partial charge in [-0.25, -0.2) is 0 Å². The molecule has 0 aliphatic heterocycles. The summed E-state index contributed by atoms with van der Waals surface area (Å²) in [5.74, 6) is 0. The van der Waals surface area contributed by atoms with E-state index >= 15 is 0 Å². The topological polar surface area (TPSA) is 24.1 Å². The second-order valence-corrected chi connectivity index (χ2v) is 3.57. The molecule has 0 bridgehead atoms. The SMILES string of the molecule is CCc1cccc(C)c1NC(=S)NC. The summed E-state index contributed by atoms with van der Waals surface area (Å²) in [6, 6.07) is 6.27. The highest BCUT2D eigenvalue weighted by atomic mass is 32.1. The fraction of sp³-hybridized carbons (Fsp3) is 0.364. The Balaban J connectivity index is 2.98. The molecule has 0 unspecified atom stereocenters. The third-order valence-electron chi connectivity index (χ3n) is 2.21. The van der Waals surface area contributed by atoms with Gasteiger partial charge in [0.1, 0.15) is 0 Å². The van der Waals surface area contributed by atoms with Crippen LogP contribution in [0.3, 0.4) is 0 Å². The molecule has 2 nitrogen and oxygen atoms in total. The lowest BCUT2D eigenvalue weighted by Gasteiger charge is -2.13. The molecular weight excluding hydrogens is 192 g/mol. The number of para-hydroxylation sites is 1. The quantitative estimate of drug-likeness (QED) is 0.730. The number of nitrogens with one attached hydrogen (secondary N) is 2. The number of rotatable bonds is 2. The van der Waals surface area contributed by atoms with E-state index in [1.807, 2.05) is 7.05 Å². The standard InChI is InChI=1S/C11H16N2S/c1-4-9-7-5-6-8(2)10(9)13-11(14)12-3/h5-7H,4H2,1-3H3,(H2,12,13,14). The van der Waals surface area contributed by atoms with Crippen LogP contribution < -0.4 is 10.6 Å². The monoisotopic (exact) mass is 208 g/mol. The predicted molar refractivity (Wildman–Crippen MR) is 65.8 cm³/mol. The maximum atomic E-state index is 5.08. The fourth-order valence-corrected chi connectivity index (χ4v) is 1.48. The number of anilines is 1. The van der Waals surface area contributed by atoms with Gasteiger partial charge in [0, 0.05) is 12.7 Å². The number of benzene rings is 1. The van der Waals surface area contributed by atoms with Crippen LogP contribution in [0.5, 0.6) is 0 Å². The zero-order valence-electron chi connectivity index (χ0n) is 8.85. The summed E-state index contributed by atoms with van der Waals surface area (Å²) < 4.78 is 0. The van der Waals surface area contributed by atoms with Gasteiger partial charge < -0.3 is 10.6 Å². The van der Waals surface area contributed by atoms with Gasteiger partial charge in [0.05, 0.1) is 0 Å². The van der Waals surface area contributed by atoms with Crippen LogP contribution in [0.15, 0.2) is 18.2 Å². The minimum absolute atomic E-state index is 0.661. The molecule has 1 rings (SSSR count). The molecule has 1 aromatic carbocycles. The minimum Gasteiger partial charge on any atom is -0.366 e. The van der Waals surface area contributed by atoms with Crippen molar-refractivity contribution in [3.63, 3.8) is 0 Å². The lowest BCUT2D eigenvalue weighted by molar-refractivity contribution is 1.13. The van der Waals surface area contributed by atoms with Crippen LogP contribution in [0.25, 0.3) is 0 Å². The highest BCUT2D eigenvalue weighted by Crippen LogP contribution is 2.20. The first-order valence-electron chi connectivity index (χ1n) is 4.76. The molecule has 0 aromatic heterocycles. The Morgan fingerprint density at radius 3 is 2.71 bits per heavy atom. The van der Waals surface area contributed by atoms with Gasteiger partial charge in [-0.15, -0.1) is 0 Å². The summed E-state index contributed by atoms with van der Waals surface area (Å²) in [5, 5.41) is 6.77. The zero-order valence-corrected chi connectivity index (χ0v) is 9.66. The summed E-state index contributed by atoms with van der Waals surface area (Å²) in [5.41, 5.74) is 3.65. The van der Waals surface area contributed by atoms with Crippen LogP contribution in [-0.4, -0.2) is 12.2 Å². The van der Waals surface area contributed by atoms with Crippen LogP contribution in [0.4, 0.5) is 5.69 Å². The van der Waals surface area contributed by atoms with E-state index in [0.717, 1.165) is 12.1 Å². The first kappa shape index (κ1) is 11.0. The third kappa shape index (κ3) is 2.45. The molecule has 0 atom stereocenters. The second-order valence-electron chi connectivity index (χ2n) is 3.17. The number of hydrogen-bond donors (Lipinski definition) is 2. The van der Waals surface area contributed by atoms with E-state index in [1.165, 1.54) is 11.1 Å². The van der Waals surface area contributed by atoms with Crippen molar-refractivity contribution in [2.75, 3.05) is 12.4 Å². The Hall–Kier alpha value is -1.09. The van der Waals surface area contributed by atoms with Crippen LogP contribution in [0, 0.1) is 6.92 Å². The van der Waals surface area contributed by atoms with Crippen molar-refractivity contribution < 1.29 is 0 Å². The van der Waals surface area contributed by atoms with Crippen molar-refractivity contribution in [3.8, 4) is 0 Å². The maximum absolute atomic E-state index is 5.08.